The third kappa shape index (κ3) is 3.39. The van der Waals surface area contributed by atoms with Gasteiger partial charge in [-0.1, -0.05) is 39.0 Å². The van der Waals surface area contributed by atoms with Crippen molar-refractivity contribution in [1.29, 1.82) is 0 Å². The van der Waals surface area contributed by atoms with Crippen LogP contribution < -0.4 is 5.32 Å². The van der Waals surface area contributed by atoms with Crippen molar-refractivity contribution in [1.82, 2.24) is 0 Å². The molecule has 2 rings (SSSR count). The van der Waals surface area contributed by atoms with E-state index in [1.54, 1.807) is 12.1 Å². The molecule has 4 heteroatoms. The average Bonchev–Trinajstić information content (AvgIpc) is 2.48. The maximum atomic E-state index is 13.9. The van der Waals surface area contributed by atoms with Crippen LogP contribution in [-0.2, 0) is 5.41 Å². The van der Waals surface area contributed by atoms with Crippen LogP contribution in [0, 0.1) is 5.82 Å². The predicted octanol–water partition coefficient (Wildman–Crippen LogP) is 4.19. The molecule has 1 N–H and O–H groups in total. The Balaban J connectivity index is 2.21. The summed E-state index contributed by atoms with van der Waals surface area (Å²) in [6.45, 7) is 6.26. The standard InChI is InChI=1S/C18H18FNO2/c1-18(2,3)14-9-7-12(8-10-14)17(22)20-15-6-4-5-13(11-21)16(15)19/h4-11H,1-3H3,(H,20,22). The molecule has 1 amide bonds. The Hall–Kier alpha value is -2.49. The maximum Gasteiger partial charge on any atom is 0.255 e. The first kappa shape index (κ1) is 15.9. The van der Waals surface area contributed by atoms with E-state index in [4.69, 9.17) is 0 Å². The second kappa shape index (κ2) is 6.10. The number of amides is 1. The fourth-order valence-electron chi connectivity index (χ4n) is 2.05. The van der Waals surface area contributed by atoms with E-state index in [-0.39, 0.29) is 16.7 Å². The summed E-state index contributed by atoms with van der Waals surface area (Å²) in [7, 11) is 0. The van der Waals surface area contributed by atoms with Crippen LogP contribution in [0.2, 0.25) is 0 Å². The van der Waals surface area contributed by atoms with Gasteiger partial charge in [0.25, 0.3) is 5.91 Å². The number of carbonyl (C=O) groups is 2. The number of halogens is 1. The summed E-state index contributed by atoms with van der Waals surface area (Å²) >= 11 is 0. The van der Waals surface area contributed by atoms with Gasteiger partial charge in [-0.3, -0.25) is 9.59 Å². The van der Waals surface area contributed by atoms with Gasteiger partial charge in [0.1, 0.15) is 0 Å². The third-order valence-corrected chi connectivity index (χ3v) is 3.42. The molecular weight excluding hydrogens is 281 g/mol. The minimum Gasteiger partial charge on any atom is -0.319 e. The van der Waals surface area contributed by atoms with Crippen LogP contribution in [0.3, 0.4) is 0 Å². The molecule has 0 radical (unpaired) electrons. The molecule has 0 heterocycles. The predicted molar refractivity (Wildman–Crippen MR) is 84.9 cm³/mol. The summed E-state index contributed by atoms with van der Waals surface area (Å²) in [5, 5.41) is 2.49. The third-order valence-electron chi connectivity index (χ3n) is 3.42. The van der Waals surface area contributed by atoms with Crippen LogP contribution in [0.25, 0.3) is 0 Å². The second-order valence-corrected chi connectivity index (χ2v) is 6.11. The lowest BCUT2D eigenvalue weighted by molar-refractivity contribution is 0.102. The first-order valence-corrected chi connectivity index (χ1v) is 6.98. The van der Waals surface area contributed by atoms with E-state index in [0.29, 0.717) is 11.8 Å². The fraction of sp³-hybridized carbons (Fsp3) is 0.222. The van der Waals surface area contributed by atoms with Gasteiger partial charge in [0, 0.05) is 5.56 Å². The summed E-state index contributed by atoms with van der Waals surface area (Å²) in [6, 6.07) is 11.5. The quantitative estimate of drug-likeness (QED) is 0.864. The summed E-state index contributed by atoms with van der Waals surface area (Å²) in [4.78, 5) is 22.9. The van der Waals surface area contributed by atoms with E-state index in [0.717, 1.165) is 5.56 Å². The molecule has 0 fully saturated rings. The van der Waals surface area contributed by atoms with E-state index in [2.05, 4.69) is 26.1 Å². The Labute approximate surface area is 129 Å². The summed E-state index contributed by atoms with van der Waals surface area (Å²) in [5.41, 5.74) is 1.46. The van der Waals surface area contributed by atoms with Gasteiger partial charge in [0.2, 0.25) is 0 Å². The van der Waals surface area contributed by atoms with E-state index in [9.17, 15) is 14.0 Å². The van der Waals surface area contributed by atoms with Gasteiger partial charge in [-0.25, -0.2) is 4.39 Å². The van der Waals surface area contributed by atoms with E-state index >= 15 is 0 Å². The van der Waals surface area contributed by atoms with Gasteiger partial charge in [-0.2, -0.15) is 0 Å². The topological polar surface area (TPSA) is 46.2 Å². The number of hydrogen-bond acceptors (Lipinski definition) is 2. The van der Waals surface area contributed by atoms with Gasteiger partial charge in [0.05, 0.1) is 11.3 Å². The normalized spacial score (nSPS) is 11.1. The van der Waals surface area contributed by atoms with Crippen molar-refractivity contribution in [3.63, 3.8) is 0 Å². The molecule has 0 aliphatic rings. The molecule has 0 spiro atoms. The smallest absolute Gasteiger partial charge is 0.255 e. The molecule has 0 aromatic heterocycles. The molecule has 22 heavy (non-hydrogen) atoms. The van der Waals surface area contributed by atoms with Crippen LogP contribution >= 0.6 is 0 Å². The lowest BCUT2D eigenvalue weighted by atomic mass is 9.87. The van der Waals surface area contributed by atoms with Crippen LogP contribution in [0.5, 0.6) is 0 Å². The Bertz CT molecular complexity index is 700. The lowest BCUT2D eigenvalue weighted by Gasteiger charge is -2.19. The van der Waals surface area contributed by atoms with Crippen LogP contribution in [0.4, 0.5) is 10.1 Å². The van der Waals surface area contributed by atoms with Crippen molar-refractivity contribution in [3.05, 3.63) is 65.0 Å². The first-order chi connectivity index (χ1) is 10.3. The van der Waals surface area contributed by atoms with E-state index < -0.39 is 11.7 Å². The van der Waals surface area contributed by atoms with Crippen molar-refractivity contribution in [2.75, 3.05) is 5.32 Å². The Kier molecular flexibility index (Phi) is 4.40. The summed E-state index contributed by atoms with van der Waals surface area (Å²) in [5.74, 6) is -1.14. The number of aldehydes is 1. The number of rotatable bonds is 3. The number of hydrogen-bond donors (Lipinski definition) is 1. The van der Waals surface area contributed by atoms with E-state index in [1.807, 2.05) is 12.1 Å². The zero-order valence-electron chi connectivity index (χ0n) is 12.8. The van der Waals surface area contributed by atoms with Crippen molar-refractivity contribution in [2.24, 2.45) is 0 Å². The highest BCUT2D eigenvalue weighted by Crippen LogP contribution is 2.23. The number of anilines is 1. The second-order valence-electron chi connectivity index (χ2n) is 6.11. The highest BCUT2D eigenvalue weighted by Gasteiger charge is 2.15. The molecule has 0 aliphatic carbocycles. The van der Waals surface area contributed by atoms with Crippen molar-refractivity contribution in [3.8, 4) is 0 Å². The van der Waals surface area contributed by atoms with Gasteiger partial charge in [-0.15, -0.1) is 0 Å². The van der Waals surface area contributed by atoms with Crippen LogP contribution in [0.15, 0.2) is 42.5 Å². The highest BCUT2D eigenvalue weighted by molar-refractivity contribution is 6.04. The first-order valence-electron chi connectivity index (χ1n) is 6.98. The van der Waals surface area contributed by atoms with Crippen LogP contribution in [-0.4, -0.2) is 12.2 Å². The molecule has 0 aliphatic heterocycles. The molecule has 2 aromatic rings. The fourth-order valence-corrected chi connectivity index (χ4v) is 2.05. The molecule has 0 unspecified atom stereocenters. The number of nitrogens with one attached hydrogen (secondary N) is 1. The van der Waals surface area contributed by atoms with Crippen molar-refractivity contribution < 1.29 is 14.0 Å². The SMILES string of the molecule is CC(C)(C)c1ccc(C(=O)Nc2cccc(C=O)c2F)cc1. The molecule has 0 saturated heterocycles. The Morgan fingerprint density at radius 2 is 1.73 bits per heavy atom. The molecule has 0 bridgehead atoms. The van der Waals surface area contributed by atoms with Crippen molar-refractivity contribution in [2.45, 2.75) is 26.2 Å². The van der Waals surface area contributed by atoms with E-state index in [1.165, 1.54) is 18.2 Å². The highest BCUT2D eigenvalue weighted by atomic mass is 19.1. The number of carbonyl (C=O) groups excluding carboxylic acids is 2. The minimum absolute atomic E-state index is 0.000589. The number of benzene rings is 2. The molecular formula is C18H18FNO2. The van der Waals surface area contributed by atoms with Gasteiger partial charge >= 0.3 is 0 Å². The Morgan fingerprint density at radius 1 is 1.09 bits per heavy atom. The van der Waals surface area contributed by atoms with Gasteiger partial charge in [0.15, 0.2) is 12.1 Å². The molecule has 0 saturated carbocycles. The monoisotopic (exact) mass is 299 g/mol. The Morgan fingerprint density at radius 3 is 2.27 bits per heavy atom. The minimum atomic E-state index is -0.725. The average molecular weight is 299 g/mol. The largest absolute Gasteiger partial charge is 0.319 e. The van der Waals surface area contributed by atoms with Gasteiger partial charge < -0.3 is 5.32 Å². The van der Waals surface area contributed by atoms with Crippen LogP contribution in [0.1, 0.15) is 47.1 Å². The van der Waals surface area contributed by atoms with Gasteiger partial charge in [-0.05, 0) is 35.2 Å². The molecule has 0 atom stereocenters. The summed E-state index contributed by atoms with van der Waals surface area (Å²) in [6.07, 6.45) is 0.420. The summed E-state index contributed by atoms with van der Waals surface area (Å²) < 4.78 is 13.9. The molecule has 3 nitrogen and oxygen atoms in total. The maximum absolute atomic E-state index is 13.9. The molecule has 114 valence electrons. The molecule has 2 aromatic carbocycles. The lowest BCUT2D eigenvalue weighted by Crippen LogP contribution is -2.15. The zero-order valence-corrected chi connectivity index (χ0v) is 12.8. The van der Waals surface area contributed by atoms with Crippen molar-refractivity contribution >= 4 is 17.9 Å². The zero-order chi connectivity index (χ0) is 16.3.